The third-order valence-electron chi connectivity index (χ3n) is 3.63. The summed E-state index contributed by atoms with van der Waals surface area (Å²) in [5.74, 6) is -0.124. The lowest BCUT2D eigenvalue weighted by atomic mass is 9.89. The fourth-order valence-electron chi connectivity index (χ4n) is 2.33. The molecule has 1 heterocycles. The summed E-state index contributed by atoms with van der Waals surface area (Å²) in [7, 11) is 0. The van der Waals surface area contributed by atoms with Gasteiger partial charge in [-0.05, 0) is 5.56 Å². The number of alkyl halides is 3. The number of aliphatic hydroxyl groups is 1. The highest BCUT2D eigenvalue weighted by molar-refractivity contribution is 5.53. The van der Waals surface area contributed by atoms with Gasteiger partial charge in [0, 0.05) is 5.56 Å². The molecule has 1 N–H and O–H groups in total. The second-order valence-electron chi connectivity index (χ2n) is 5.28. The van der Waals surface area contributed by atoms with Crippen LogP contribution < -0.4 is 0 Å². The van der Waals surface area contributed by atoms with Gasteiger partial charge in [0.25, 0.3) is 0 Å². The van der Waals surface area contributed by atoms with Gasteiger partial charge in [0.1, 0.15) is 0 Å². The molecule has 0 amide bonds. The summed E-state index contributed by atoms with van der Waals surface area (Å²) in [6, 6.07) is 15.6. The van der Waals surface area contributed by atoms with Gasteiger partial charge in [0.15, 0.2) is 5.60 Å². The number of nitrogens with zero attached hydrogens (tertiary/aromatic N) is 2. The second-order valence-corrected chi connectivity index (χ2v) is 5.28. The van der Waals surface area contributed by atoms with E-state index in [4.69, 9.17) is 4.52 Å². The smallest absolute Gasteiger partial charge is 0.376 e. The van der Waals surface area contributed by atoms with E-state index in [0.29, 0.717) is 5.56 Å². The average Bonchev–Trinajstić information content (AvgIpc) is 3.04. The highest BCUT2D eigenvalue weighted by Gasteiger charge is 2.55. The Labute approximate surface area is 135 Å². The first kappa shape index (κ1) is 16.2. The predicted octanol–water partition coefficient (Wildman–Crippen LogP) is 3.73. The molecule has 0 spiro atoms. The maximum absolute atomic E-state index is 13.5. The molecule has 124 valence electrons. The van der Waals surface area contributed by atoms with Crippen LogP contribution in [0.15, 0.2) is 65.2 Å². The zero-order valence-electron chi connectivity index (χ0n) is 12.4. The van der Waals surface area contributed by atoms with Crippen LogP contribution in [0.25, 0.3) is 11.4 Å². The zero-order chi connectivity index (χ0) is 17.2. The van der Waals surface area contributed by atoms with Crippen LogP contribution in [0.2, 0.25) is 0 Å². The van der Waals surface area contributed by atoms with Gasteiger partial charge in [0.05, 0.1) is 6.42 Å². The van der Waals surface area contributed by atoms with E-state index in [9.17, 15) is 18.3 Å². The van der Waals surface area contributed by atoms with Crippen LogP contribution in [-0.4, -0.2) is 21.4 Å². The molecular formula is C17H13F3N2O2. The molecule has 0 aliphatic carbocycles. The van der Waals surface area contributed by atoms with E-state index in [1.54, 1.807) is 36.4 Å². The van der Waals surface area contributed by atoms with Crippen molar-refractivity contribution in [2.75, 3.05) is 0 Å². The first-order chi connectivity index (χ1) is 11.4. The maximum atomic E-state index is 13.5. The highest BCUT2D eigenvalue weighted by Crippen LogP contribution is 2.41. The molecule has 2 aromatic carbocycles. The molecule has 4 nitrogen and oxygen atoms in total. The van der Waals surface area contributed by atoms with Crippen molar-refractivity contribution >= 4 is 0 Å². The molecule has 1 atom stereocenters. The van der Waals surface area contributed by atoms with Gasteiger partial charge in [0.2, 0.25) is 11.7 Å². The lowest BCUT2D eigenvalue weighted by molar-refractivity contribution is -0.267. The van der Waals surface area contributed by atoms with Crippen molar-refractivity contribution in [1.29, 1.82) is 0 Å². The van der Waals surface area contributed by atoms with Crippen LogP contribution in [-0.2, 0) is 12.0 Å². The summed E-state index contributed by atoms with van der Waals surface area (Å²) in [5.41, 5.74) is -2.77. The van der Waals surface area contributed by atoms with Gasteiger partial charge in [-0.1, -0.05) is 65.8 Å². The summed E-state index contributed by atoms with van der Waals surface area (Å²) in [4.78, 5) is 3.97. The monoisotopic (exact) mass is 334 g/mol. The van der Waals surface area contributed by atoms with E-state index in [1.165, 1.54) is 24.3 Å². The molecule has 3 rings (SSSR count). The van der Waals surface area contributed by atoms with E-state index in [-0.39, 0.29) is 17.3 Å². The molecule has 24 heavy (non-hydrogen) atoms. The molecule has 0 saturated heterocycles. The fraction of sp³-hybridized carbons (Fsp3) is 0.176. The van der Waals surface area contributed by atoms with Gasteiger partial charge in [-0.15, -0.1) is 0 Å². The summed E-state index contributed by atoms with van der Waals surface area (Å²) >= 11 is 0. The van der Waals surface area contributed by atoms with E-state index in [0.717, 1.165) is 0 Å². The Balaban J connectivity index is 1.94. The van der Waals surface area contributed by atoms with Crippen molar-refractivity contribution in [3.8, 4) is 11.4 Å². The average molecular weight is 334 g/mol. The van der Waals surface area contributed by atoms with Crippen molar-refractivity contribution < 1.29 is 22.8 Å². The number of rotatable bonds is 4. The third kappa shape index (κ3) is 3.03. The Morgan fingerprint density at radius 1 is 0.917 bits per heavy atom. The molecule has 0 aliphatic rings. The van der Waals surface area contributed by atoms with E-state index in [1.807, 2.05) is 0 Å². The second kappa shape index (κ2) is 6.09. The Hall–Kier alpha value is -2.67. The minimum Gasteiger partial charge on any atom is -0.376 e. The van der Waals surface area contributed by atoms with Crippen LogP contribution in [0.4, 0.5) is 13.2 Å². The van der Waals surface area contributed by atoms with Gasteiger partial charge in [-0.3, -0.25) is 0 Å². The van der Waals surface area contributed by atoms with Crippen LogP contribution in [0.5, 0.6) is 0 Å². The standard InChI is InChI=1S/C17H13F3N2O2/c18-17(19,20)16(23,13-9-5-2-6-10-13)11-14-21-15(22-24-14)12-7-3-1-4-8-12/h1-10,23H,11H2. The van der Waals surface area contributed by atoms with Crippen molar-refractivity contribution in [1.82, 2.24) is 10.1 Å². The highest BCUT2D eigenvalue weighted by atomic mass is 19.4. The number of hydrogen-bond donors (Lipinski definition) is 1. The number of halogens is 3. The van der Waals surface area contributed by atoms with Crippen molar-refractivity contribution in [3.05, 3.63) is 72.1 Å². The van der Waals surface area contributed by atoms with Crippen LogP contribution in [0, 0.1) is 0 Å². The first-order valence-corrected chi connectivity index (χ1v) is 7.13. The van der Waals surface area contributed by atoms with Crippen molar-refractivity contribution in [2.45, 2.75) is 18.2 Å². The topological polar surface area (TPSA) is 59.2 Å². The van der Waals surface area contributed by atoms with Gasteiger partial charge in [-0.2, -0.15) is 18.2 Å². The van der Waals surface area contributed by atoms with Gasteiger partial charge < -0.3 is 9.63 Å². The SMILES string of the molecule is OC(Cc1nc(-c2ccccc2)no1)(c1ccccc1)C(F)(F)F. The normalized spacial score (nSPS) is 14.3. The zero-order valence-corrected chi connectivity index (χ0v) is 12.4. The molecular weight excluding hydrogens is 321 g/mol. The minimum absolute atomic E-state index is 0.170. The Morgan fingerprint density at radius 2 is 1.50 bits per heavy atom. The van der Waals surface area contributed by atoms with Crippen LogP contribution in [0.1, 0.15) is 11.5 Å². The van der Waals surface area contributed by atoms with E-state index >= 15 is 0 Å². The number of benzene rings is 2. The summed E-state index contributed by atoms with van der Waals surface area (Å²) in [6.45, 7) is 0. The number of hydrogen-bond acceptors (Lipinski definition) is 4. The first-order valence-electron chi connectivity index (χ1n) is 7.13. The Kier molecular flexibility index (Phi) is 4.11. The van der Waals surface area contributed by atoms with Gasteiger partial charge in [-0.25, -0.2) is 0 Å². The Bertz CT molecular complexity index is 803. The van der Waals surface area contributed by atoms with Crippen LogP contribution >= 0.6 is 0 Å². The molecule has 0 fully saturated rings. The summed E-state index contributed by atoms with van der Waals surface area (Å²) in [6.07, 6.45) is -5.75. The van der Waals surface area contributed by atoms with Crippen molar-refractivity contribution in [3.63, 3.8) is 0 Å². The largest absolute Gasteiger partial charge is 0.421 e. The van der Waals surface area contributed by atoms with Crippen molar-refractivity contribution in [2.24, 2.45) is 0 Å². The minimum atomic E-state index is -4.89. The lowest BCUT2D eigenvalue weighted by Crippen LogP contribution is -2.44. The molecule has 0 saturated carbocycles. The number of aromatic nitrogens is 2. The molecule has 0 radical (unpaired) electrons. The van der Waals surface area contributed by atoms with Gasteiger partial charge >= 0.3 is 6.18 Å². The maximum Gasteiger partial charge on any atom is 0.421 e. The summed E-state index contributed by atoms with van der Waals surface area (Å²) < 4.78 is 45.3. The molecule has 0 aliphatic heterocycles. The molecule has 0 bridgehead atoms. The Morgan fingerprint density at radius 3 is 2.08 bits per heavy atom. The van der Waals surface area contributed by atoms with E-state index in [2.05, 4.69) is 10.1 Å². The molecule has 7 heteroatoms. The quantitative estimate of drug-likeness (QED) is 0.790. The summed E-state index contributed by atoms with van der Waals surface area (Å²) in [5, 5.41) is 14.0. The fourth-order valence-corrected chi connectivity index (χ4v) is 2.33. The predicted molar refractivity (Wildman–Crippen MR) is 79.8 cm³/mol. The van der Waals surface area contributed by atoms with Crippen LogP contribution in [0.3, 0.4) is 0 Å². The molecule has 1 unspecified atom stereocenters. The molecule has 1 aromatic heterocycles. The lowest BCUT2D eigenvalue weighted by Gasteiger charge is -2.29. The van der Waals surface area contributed by atoms with E-state index < -0.39 is 18.2 Å². The molecule has 3 aromatic rings. The third-order valence-corrected chi connectivity index (χ3v) is 3.63.